The molecule has 2 N–H and O–H groups in total. The Morgan fingerprint density at radius 3 is 2.69 bits per heavy atom. The summed E-state index contributed by atoms with van der Waals surface area (Å²) < 4.78 is 29.9. The standard InChI is InChI=1S/C23H26N2O6S/c1-3-31-20-11-15(9-10-19(20)26)18(13-32(2,29)30)25-12-16-5-4-6-17(21(16)23(25)28)24-22(27)14-7-8-14/h4-6,9-11,14,18,26H,3,7-8,12-13H2,1-2H3,(H,24,27). The maximum Gasteiger partial charge on any atom is 0.257 e. The van der Waals surface area contributed by atoms with E-state index in [1.165, 1.54) is 11.0 Å². The molecule has 170 valence electrons. The summed E-state index contributed by atoms with van der Waals surface area (Å²) >= 11 is 0. The number of carbonyl (C=O) groups is 2. The third-order valence-corrected chi connectivity index (χ3v) is 6.60. The minimum Gasteiger partial charge on any atom is -0.504 e. The first-order chi connectivity index (χ1) is 15.2. The number of benzene rings is 2. The summed E-state index contributed by atoms with van der Waals surface area (Å²) in [5, 5.41) is 12.9. The molecule has 1 aliphatic carbocycles. The van der Waals surface area contributed by atoms with Gasteiger partial charge in [-0.25, -0.2) is 8.42 Å². The molecular weight excluding hydrogens is 432 g/mol. The second kappa shape index (κ2) is 8.46. The smallest absolute Gasteiger partial charge is 0.257 e. The maximum absolute atomic E-state index is 13.5. The molecule has 1 saturated carbocycles. The number of hydrogen-bond donors (Lipinski definition) is 2. The first-order valence-electron chi connectivity index (χ1n) is 10.5. The van der Waals surface area contributed by atoms with Gasteiger partial charge in [0.25, 0.3) is 5.91 Å². The highest BCUT2D eigenvalue weighted by molar-refractivity contribution is 7.90. The van der Waals surface area contributed by atoms with Crippen molar-refractivity contribution < 1.29 is 27.9 Å². The van der Waals surface area contributed by atoms with Gasteiger partial charge in [0.1, 0.15) is 9.84 Å². The fraction of sp³-hybridized carbons (Fsp3) is 0.391. The second-order valence-electron chi connectivity index (χ2n) is 8.30. The lowest BCUT2D eigenvalue weighted by atomic mass is 10.1. The van der Waals surface area contributed by atoms with Crippen LogP contribution in [0.15, 0.2) is 36.4 Å². The molecule has 2 amide bonds. The van der Waals surface area contributed by atoms with Crippen LogP contribution >= 0.6 is 0 Å². The van der Waals surface area contributed by atoms with E-state index in [9.17, 15) is 23.1 Å². The van der Waals surface area contributed by atoms with Gasteiger partial charge in [-0.3, -0.25) is 9.59 Å². The summed E-state index contributed by atoms with van der Waals surface area (Å²) in [5.74, 6) is -0.568. The van der Waals surface area contributed by atoms with E-state index in [2.05, 4.69) is 5.32 Å². The van der Waals surface area contributed by atoms with Crippen LogP contribution in [-0.4, -0.2) is 48.9 Å². The molecule has 2 aliphatic rings. The normalized spacial score (nSPS) is 16.6. The van der Waals surface area contributed by atoms with E-state index in [-0.39, 0.29) is 41.5 Å². The maximum atomic E-state index is 13.5. The third-order valence-electron chi connectivity index (χ3n) is 5.68. The Balaban J connectivity index is 1.70. The van der Waals surface area contributed by atoms with Gasteiger partial charge in [-0.1, -0.05) is 18.2 Å². The zero-order valence-corrected chi connectivity index (χ0v) is 18.8. The van der Waals surface area contributed by atoms with Gasteiger partial charge in [0.2, 0.25) is 5.91 Å². The molecule has 8 nitrogen and oxygen atoms in total. The average Bonchev–Trinajstić information content (AvgIpc) is 3.52. The molecule has 32 heavy (non-hydrogen) atoms. The van der Waals surface area contributed by atoms with Crippen molar-refractivity contribution in [1.82, 2.24) is 4.90 Å². The number of hydrogen-bond acceptors (Lipinski definition) is 6. The zero-order chi connectivity index (χ0) is 23.0. The summed E-state index contributed by atoms with van der Waals surface area (Å²) in [6, 6.07) is 9.10. The van der Waals surface area contributed by atoms with Crippen molar-refractivity contribution in [1.29, 1.82) is 0 Å². The fourth-order valence-corrected chi connectivity index (χ4v) is 4.93. The Kier molecular flexibility index (Phi) is 5.85. The van der Waals surface area contributed by atoms with Crippen molar-refractivity contribution >= 4 is 27.3 Å². The molecule has 1 fully saturated rings. The van der Waals surface area contributed by atoms with Gasteiger partial charge >= 0.3 is 0 Å². The fourth-order valence-electron chi connectivity index (χ4n) is 3.98. The number of carbonyl (C=O) groups excluding carboxylic acids is 2. The summed E-state index contributed by atoms with van der Waals surface area (Å²) in [6.45, 7) is 2.32. The minimum atomic E-state index is -3.45. The van der Waals surface area contributed by atoms with Gasteiger partial charge in [0.15, 0.2) is 11.5 Å². The first kappa shape index (κ1) is 22.1. The monoisotopic (exact) mass is 458 g/mol. The highest BCUT2D eigenvalue weighted by Gasteiger charge is 2.38. The van der Waals surface area contributed by atoms with Gasteiger partial charge in [0.05, 0.1) is 29.7 Å². The number of sulfone groups is 1. The van der Waals surface area contributed by atoms with Crippen molar-refractivity contribution in [3.8, 4) is 11.5 Å². The summed E-state index contributed by atoms with van der Waals surface area (Å²) in [5.41, 5.74) is 2.11. The lowest BCUT2D eigenvalue weighted by Crippen LogP contribution is -2.34. The predicted molar refractivity (Wildman–Crippen MR) is 119 cm³/mol. The number of rotatable bonds is 8. The number of phenols is 1. The molecule has 0 radical (unpaired) electrons. The molecule has 4 rings (SSSR count). The van der Waals surface area contributed by atoms with E-state index in [0.29, 0.717) is 23.4 Å². The Morgan fingerprint density at radius 1 is 1.28 bits per heavy atom. The summed E-state index contributed by atoms with van der Waals surface area (Å²) in [4.78, 5) is 27.2. The molecule has 1 heterocycles. The number of fused-ring (bicyclic) bond motifs is 1. The number of ether oxygens (including phenoxy) is 1. The van der Waals surface area contributed by atoms with Crippen LogP contribution in [0.4, 0.5) is 5.69 Å². The summed E-state index contributed by atoms with van der Waals surface area (Å²) in [6.07, 6.45) is 2.82. The molecule has 0 spiro atoms. The Bertz CT molecular complexity index is 1170. The van der Waals surface area contributed by atoms with Crippen LogP contribution in [-0.2, 0) is 21.2 Å². The zero-order valence-electron chi connectivity index (χ0n) is 18.0. The quantitative estimate of drug-likeness (QED) is 0.629. The molecule has 1 aliphatic heterocycles. The van der Waals surface area contributed by atoms with Gasteiger partial charge in [-0.05, 0) is 49.1 Å². The minimum absolute atomic E-state index is 0.00886. The molecule has 1 unspecified atom stereocenters. The number of phenolic OH excluding ortho intramolecular Hbond substituents is 1. The van der Waals surface area contributed by atoms with Crippen molar-refractivity contribution in [2.45, 2.75) is 32.4 Å². The number of nitrogens with one attached hydrogen (secondary N) is 1. The van der Waals surface area contributed by atoms with Crippen LogP contribution in [0.1, 0.15) is 47.3 Å². The highest BCUT2D eigenvalue weighted by Crippen LogP contribution is 2.39. The van der Waals surface area contributed by atoms with E-state index in [4.69, 9.17) is 4.74 Å². The van der Waals surface area contributed by atoms with Crippen molar-refractivity contribution in [2.24, 2.45) is 5.92 Å². The molecule has 2 aromatic rings. The third kappa shape index (κ3) is 4.57. The van der Waals surface area contributed by atoms with Crippen molar-refractivity contribution in [3.05, 3.63) is 53.1 Å². The van der Waals surface area contributed by atoms with Crippen LogP contribution in [0.5, 0.6) is 11.5 Å². The molecule has 0 saturated heterocycles. The predicted octanol–water partition coefficient (Wildman–Crippen LogP) is 2.88. The lowest BCUT2D eigenvalue weighted by Gasteiger charge is -2.28. The van der Waals surface area contributed by atoms with Gasteiger partial charge in [-0.2, -0.15) is 0 Å². The van der Waals surface area contributed by atoms with E-state index < -0.39 is 15.9 Å². The van der Waals surface area contributed by atoms with Gasteiger partial charge in [-0.15, -0.1) is 0 Å². The number of anilines is 1. The Morgan fingerprint density at radius 2 is 2.03 bits per heavy atom. The van der Waals surface area contributed by atoms with Crippen molar-refractivity contribution in [3.63, 3.8) is 0 Å². The molecule has 0 aromatic heterocycles. The highest BCUT2D eigenvalue weighted by atomic mass is 32.2. The molecule has 0 bridgehead atoms. The Hall–Kier alpha value is -3.07. The largest absolute Gasteiger partial charge is 0.504 e. The second-order valence-corrected chi connectivity index (χ2v) is 10.5. The summed E-state index contributed by atoms with van der Waals surface area (Å²) in [7, 11) is -3.45. The lowest BCUT2D eigenvalue weighted by molar-refractivity contribution is -0.117. The van der Waals surface area contributed by atoms with Gasteiger partial charge < -0.3 is 20.1 Å². The molecule has 9 heteroatoms. The topological polar surface area (TPSA) is 113 Å². The van der Waals surface area contributed by atoms with Crippen LogP contribution in [0.3, 0.4) is 0 Å². The van der Waals surface area contributed by atoms with E-state index in [0.717, 1.165) is 24.7 Å². The van der Waals surface area contributed by atoms with Crippen LogP contribution in [0.25, 0.3) is 0 Å². The number of nitrogens with zero attached hydrogens (tertiary/aromatic N) is 1. The van der Waals surface area contributed by atoms with E-state index in [1.54, 1.807) is 37.3 Å². The molecular formula is C23H26N2O6S. The van der Waals surface area contributed by atoms with Crippen LogP contribution in [0, 0.1) is 5.92 Å². The van der Waals surface area contributed by atoms with Crippen LogP contribution < -0.4 is 10.1 Å². The average molecular weight is 459 g/mol. The number of aromatic hydroxyl groups is 1. The van der Waals surface area contributed by atoms with Crippen molar-refractivity contribution in [2.75, 3.05) is 23.9 Å². The SMILES string of the molecule is CCOc1cc(C(CS(C)(=O)=O)N2Cc3cccc(NC(=O)C4CC4)c3C2=O)ccc1O. The van der Waals surface area contributed by atoms with E-state index in [1.807, 2.05) is 0 Å². The van der Waals surface area contributed by atoms with Crippen LogP contribution in [0.2, 0.25) is 0 Å². The van der Waals surface area contributed by atoms with Gasteiger partial charge in [0, 0.05) is 18.7 Å². The number of amides is 2. The first-order valence-corrected chi connectivity index (χ1v) is 12.6. The van der Waals surface area contributed by atoms with E-state index >= 15 is 0 Å². The molecule has 1 atom stereocenters. The Labute approximate surface area is 187 Å². The molecule has 2 aromatic carbocycles.